The fraction of sp³-hybridized carbons (Fsp3) is 0.136. The number of rotatable bonds is 7. The Kier molecular flexibility index (Phi) is 7.10. The smallest absolute Gasteiger partial charge is 0.265 e. The third-order valence-electron chi connectivity index (χ3n) is 4.40. The summed E-state index contributed by atoms with van der Waals surface area (Å²) >= 11 is 12.1. The van der Waals surface area contributed by atoms with E-state index in [1.165, 1.54) is 31.3 Å². The van der Waals surface area contributed by atoms with Crippen LogP contribution in [0.4, 0.5) is 5.69 Å². The van der Waals surface area contributed by atoms with Gasteiger partial charge in [0.15, 0.2) is 5.75 Å². The summed E-state index contributed by atoms with van der Waals surface area (Å²) in [5, 5.41) is 3.01. The number of benzene rings is 3. The molecule has 0 aliphatic heterocycles. The van der Waals surface area contributed by atoms with E-state index < -0.39 is 10.0 Å². The molecule has 6 nitrogen and oxygen atoms in total. The summed E-state index contributed by atoms with van der Waals surface area (Å²) in [6, 6.07) is 17.6. The number of hydrogen-bond donors (Lipinski definition) is 1. The maximum Gasteiger partial charge on any atom is 0.265 e. The van der Waals surface area contributed by atoms with Crippen LogP contribution in [0.2, 0.25) is 10.0 Å². The standard InChI is InChI=1S/C22H20Cl2N2O4S/c1-3-25-22(27)15-9-11-20(30-17-7-5-4-6-8-17)19(13-15)26(2)31(28,29)21-12-10-16(23)14-18(21)24/h4-14H,3H2,1-2H3,(H,25,27). The van der Waals surface area contributed by atoms with E-state index in [4.69, 9.17) is 27.9 Å². The first kappa shape index (κ1) is 22.9. The highest BCUT2D eigenvalue weighted by Gasteiger charge is 2.27. The number of para-hydroxylation sites is 1. The molecule has 0 aliphatic carbocycles. The van der Waals surface area contributed by atoms with Gasteiger partial charge in [-0.15, -0.1) is 0 Å². The number of nitrogens with one attached hydrogen (secondary N) is 1. The molecule has 0 spiro atoms. The zero-order chi connectivity index (χ0) is 22.6. The van der Waals surface area contributed by atoms with Gasteiger partial charge in [0, 0.05) is 24.2 Å². The Morgan fingerprint density at radius 3 is 2.39 bits per heavy atom. The first-order valence-corrected chi connectivity index (χ1v) is 11.5. The second kappa shape index (κ2) is 9.60. The summed E-state index contributed by atoms with van der Waals surface area (Å²) in [5.41, 5.74) is 0.472. The fourth-order valence-electron chi connectivity index (χ4n) is 2.83. The quantitative estimate of drug-likeness (QED) is 0.495. The van der Waals surface area contributed by atoms with Crippen molar-refractivity contribution in [3.05, 3.63) is 82.3 Å². The van der Waals surface area contributed by atoms with Gasteiger partial charge in [-0.3, -0.25) is 9.10 Å². The molecule has 0 unspecified atom stereocenters. The summed E-state index contributed by atoms with van der Waals surface area (Å²) in [6.45, 7) is 2.23. The summed E-state index contributed by atoms with van der Waals surface area (Å²) in [7, 11) is -2.71. The third-order valence-corrected chi connectivity index (χ3v) is 6.89. The minimum Gasteiger partial charge on any atom is -0.455 e. The second-order valence-corrected chi connectivity index (χ2v) is 9.29. The normalized spacial score (nSPS) is 11.1. The second-order valence-electron chi connectivity index (χ2n) is 6.50. The Labute approximate surface area is 191 Å². The highest BCUT2D eigenvalue weighted by Crippen LogP contribution is 2.37. The zero-order valence-corrected chi connectivity index (χ0v) is 19.1. The lowest BCUT2D eigenvalue weighted by molar-refractivity contribution is 0.0956. The maximum absolute atomic E-state index is 13.3. The van der Waals surface area contributed by atoms with Crippen LogP contribution in [0.25, 0.3) is 0 Å². The van der Waals surface area contributed by atoms with Gasteiger partial charge in [-0.05, 0) is 55.5 Å². The van der Waals surface area contributed by atoms with Crippen LogP contribution in [0.15, 0.2) is 71.6 Å². The van der Waals surface area contributed by atoms with E-state index in [9.17, 15) is 13.2 Å². The lowest BCUT2D eigenvalue weighted by Gasteiger charge is -2.23. The molecule has 162 valence electrons. The van der Waals surface area contributed by atoms with Crippen LogP contribution in [-0.4, -0.2) is 27.9 Å². The molecule has 0 aromatic heterocycles. The van der Waals surface area contributed by atoms with E-state index in [0.29, 0.717) is 22.9 Å². The number of halogens is 2. The number of nitrogens with zero attached hydrogens (tertiary/aromatic N) is 1. The Balaban J connectivity index is 2.10. The van der Waals surface area contributed by atoms with Crippen LogP contribution in [0.3, 0.4) is 0 Å². The topological polar surface area (TPSA) is 75.7 Å². The minimum atomic E-state index is -4.08. The maximum atomic E-state index is 13.3. The van der Waals surface area contributed by atoms with E-state index in [-0.39, 0.29) is 27.3 Å². The molecule has 31 heavy (non-hydrogen) atoms. The lowest BCUT2D eigenvalue weighted by Crippen LogP contribution is -2.28. The van der Waals surface area contributed by atoms with Crippen molar-refractivity contribution in [3.8, 4) is 11.5 Å². The molecular weight excluding hydrogens is 459 g/mol. The number of anilines is 1. The van der Waals surface area contributed by atoms with E-state index in [1.807, 2.05) is 6.07 Å². The molecular formula is C22H20Cl2N2O4S. The van der Waals surface area contributed by atoms with Crippen molar-refractivity contribution in [1.29, 1.82) is 0 Å². The predicted molar refractivity (Wildman–Crippen MR) is 123 cm³/mol. The number of carbonyl (C=O) groups is 1. The Bertz CT molecular complexity index is 1200. The van der Waals surface area contributed by atoms with Gasteiger partial charge in [0.1, 0.15) is 10.6 Å². The van der Waals surface area contributed by atoms with Crippen LogP contribution in [0.1, 0.15) is 17.3 Å². The van der Waals surface area contributed by atoms with Crippen LogP contribution in [0, 0.1) is 0 Å². The lowest BCUT2D eigenvalue weighted by atomic mass is 10.1. The molecule has 1 amide bonds. The summed E-state index contributed by atoms with van der Waals surface area (Å²) < 4.78 is 33.6. The predicted octanol–water partition coefficient (Wildman–Crippen LogP) is 5.36. The molecule has 3 rings (SSSR count). The molecule has 0 saturated carbocycles. The molecule has 9 heteroatoms. The van der Waals surface area contributed by atoms with E-state index >= 15 is 0 Å². The number of carbonyl (C=O) groups excluding carboxylic acids is 1. The van der Waals surface area contributed by atoms with Crippen molar-refractivity contribution in [2.45, 2.75) is 11.8 Å². The van der Waals surface area contributed by atoms with Crippen molar-refractivity contribution in [3.63, 3.8) is 0 Å². The first-order chi connectivity index (χ1) is 14.7. The molecule has 0 aliphatic rings. The van der Waals surface area contributed by atoms with Crippen molar-refractivity contribution >= 4 is 44.8 Å². The van der Waals surface area contributed by atoms with Gasteiger partial charge < -0.3 is 10.1 Å². The van der Waals surface area contributed by atoms with Crippen molar-refractivity contribution in [2.24, 2.45) is 0 Å². The number of ether oxygens (including phenoxy) is 1. The molecule has 0 atom stereocenters. The van der Waals surface area contributed by atoms with Gasteiger partial charge >= 0.3 is 0 Å². The molecule has 0 radical (unpaired) electrons. The van der Waals surface area contributed by atoms with Gasteiger partial charge in [0.25, 0.3) is 15.9 Å². The SMILES string of the molecule is CCNC(=O)c1ccc(Oc2ccccc2)c(N(C)S(=O)(=O)c2ccc(Cl)cc2Cl)c1. The Morgan fingerprint density at radius 1 is 1.03 bits per heavy atom. The van der Waals surface area contributed by atoms with E-state index in [1.54, 1.807) is 43.3 Å². The van der Waals surface area contributed by atoms with Gasteiger partial charge in [0.05, 0.1) is 10.7 Å². The van der Waals surface area contributed by atoms with Crippen LogP contribution < -0.4 is 14.4 Å². The third kappa shape index (κ3) is 5.12. The van der Waals surface area contributed by atoms with Crippen molar-refractivity contribution < 1.29 is 17.9 Å². The molecule has 0 saturated heterocycles. The summed E-state index contributed by atoms with van der Waals surface area (Å²) in [6.07, 6.45) is 0. The van der Waals surface area contributed by atoms with Crippen LogP contribution in [-0.2, 0) is 10.0 Å². The van der Waals surface area contributed by atoms with Crippen molar-refractivity contribution in [2.75, 3.05) is 17.9 Å². The molecule has 0 heterocycles. The van der Waals surface area contributed by atoms with Crippen molar-refractivity contribution in [1.82, 2.24) is 5.32 Å². The highest BCUT2D eigenvalue weighted by molar-refractivity contribution is 7.93. The Morgan fingerprint density at radius 2 is 1.74 bits per heavy atom. The molecule has 3 aromatic carbocycles. The zero-order valence-electron chi connectivity index (χ0n) is 16.8. The van der Waals surface area contributed by atoms with E-state index in [0.717, 1.165) is 4.31 Å². The van der Waals surface area contributed by atoms with Crippen LogP contribution in [0.5, 0.6) is 11.5 Å². The Hall–Kier alpha value is -2.74. The van der Waals surface area contributed by atoms with Gasteiger partial charge in [-0.25, -0.2) is 8.42 Å². The summed E-state index contributed by atoms with van der Waals surface area (Å²) in [4.78, 5) is 12.2. The van der Waals surface area contributed by atoms with Gasteiger partial charge in [-0.1, -0.05) is 41.4 Å². The number of hydrogen-bond acceptors (Lipinski definition) is 4. The van der Waals surface area contributed by atoms with E-state index in [2.05, 4.69) is 5.32 Å². The fourth-order valence-corrected chi connectivity index (χ4v) is 4.77. The molecule has 0 fully saturated rings. The van der Waals surface area contributed by atoms with Gasteiger partial charge in [0.2, 0.25) is 0 Å². The highest BCUT2D eigenvalue weighted by atomic mass is 35.5. The molecule has 1 N–H and O–H groups in total. The average Bonchev–Trinajstić information content (AvgIpc) is 2.74. The largest absolute Gasteiger partial charge is 0.455 e. The van der Waals surface area contributed by atoms with Gasteiger partial charge in [-0.2, -0.15) is 0 Å². The average molecular weight is 479 g/mol. The molecule has 0 bridgehead atoms. The molecule has 3 aromatic rings. The number of amides is 1. The first-order valence-electron chi connectivity index (χ1n) is 9.33. The van der Waals surface area contributed by atoms with Crippen LogP contribution >= 0.6 is 23.2 Å². The monoisotopic (exact) mass is 478 g/mol. The number of sulfonamides is 1. The summed E-state index contributed by atoms with van der Waals surface area (Å²) in [5.74, 6) is 0.450. The minimum absolute atomic E-state index is 0.00948.